The molecule has 0 bridgehead atoms. The second kappa shape index (κ2) is 21.7. The molecule has 0 fully saturated rings. The molecule has 0 radical (unpaired) electrons. The largest absolute Gasteiger partial charge is 0.382 e. The first-order valence-electron chi connectivity index (χ1n) is 20.3. The molecule has 4 amide bonds. The quantitative estimate of drug-likeness (QED) is 0.0686. The van der Waals surface area contributed by atoms with Crippen LogP contribution in [0.25, 0.3) is 22.3 Å². The molecular weight excluding hydrogens is 821 g/mol. The number of hydrogen-bond acceptors (Lipinski definition) is 18. The van der Waals surface area contributed by atoms with E-state index in [-0.39, 0.29) is 53.2 Å². The van der Waals surface area contributed by atoms with E-state index in [4.69, 9.17) is 22.9 Å². The molecule has 4 heterocycles. The van der Waals surface area contributed by atoms with Crippen molar-refractivity contribution < 1.29 is 19.2 Å². The zero-order valence-corrected chi connectivity index (χ0v) is 36.6. The summed E-state index contributed by atoms with van der Waals surface area (Å²) in [5.41, 5.74) is 28.6. The van der Waals surface area contributed by atoms with Crippen LogP contribution >= 0.6 is 0 Å². The number of nitrogens with two attached hydrogens (primary N) is 4. The number of anilines is 6. The van der Waals surface area contributed by atoms with E-state index in [1.165, 1.54) is 0 Å². The molecule has 2 atom stereocenters. The lowest BCUT2D eigenvalue weighted by Gasteiger charge is -2.20. The van der Waals surface area contributed by atoms with E-state index in [0.717, 1.165) is 17.8 Å². The second-order valence-corrected chi connectivity index (χ2v) is 14.8. The van der Waals surface area contributed by atoms with Gasteiger partial charge in [-0.25, -0.2) is 19.9 Å². The van der Waals surface area contributed by atoms with Gasteiger partial charge in [-0.2, -0.15) is 19.9 Å². The summed E-state index contributed by atoms with van der Waals surface area (Å²) in [4.78, 5) is 85.6. The molecule has 336 valence electrons. The van der Waals surface area contributed by atoms with Crippen molar-refractivity contribution in [3.8, 4) is 0 Å². The molecule has 6 rings (SSSR count). The zero-order valence-electron chi connectivity index (χ0n) is 36.6. The third-order valence-corrected chi connectivity index (χ3v) is 9.85. The standard InChI is InChI=1S/2C21H27N9O2/c1-12(4-9-16(31)24-2)26-20(32)13-5-7-15(8-6-13)30(3)11-14-10-25-19-17(27-14)18(22)28-21(23)29-19;1-4-5-15(20(32)24-2)27-19(31)12-6-8-14(9-7-12)30(3)11-13-10-25-18-16(26-13)17(22)28-21(23)29-18/h5-8,10,12H,4,9,11H2,1-3H3,(H,24,31)(H,26,32)(H4,22,23,25,28,29);6-10,15H,4-5,11H2,1-3H3,(H,24,32)(H,27,31)(H4,22,23,25,28,29). The number of fused-ring (bicyclic) bond motifs is 2. The van der Waals surface area contributed by atoms with Gasteiger partial charge in [0.25, 0.3) is 11.8 Å². The Morgan fingerprint density at radius 2 is 1.08 bits per heavy atom. The fourth-order valence-electron chi connectivity index (χ4n) is 6.35. The number of carbonyl (C=O) groups excluding carboxylic acids is 4. The van der Waals surface area contributed by atoms with E-state index < -0.39 is 6.04 Å². The number of amides is 4. The molecular formula is C42H54N18O4. The minimum Gasteiger partial charge on any atom is -0.382 e. The number of rotatable bonds is 16. The summed E-state index contributed by atoms with van der Waals surface area (Å²) in [6.45, 7) is 4.76. The molecule has 0 aliphatic heterocycles. The van der Waals surface area contributed by atoms with Gasteiger partial charge in [-0.15, -0.1) is 0 Å². The van der Waals surface area contributed by atoms with Crippen molar-refractivity contribution in [2.45, 2.75) is 64.7 Å². The highest BCUT2D eigenvalue weighted by Crippen LogP contribution is 2.21. The summed E-state index contributed by atoms with van der Waals surface area (Å²) in [5, 5.41) is 10.8. The van der Waals surface area contributed by atoms with Crippen molar-refractivity contribution in [2.75, 3.05) is 60.9 Å². The first-order chi connectivity index (χ1) is 30.6. The molecule has 2 unspecified atom stereocenters. The number of aromatic nitrogens is 8. The van der Waals surface area contributed by atoms with Gasteiger partial charge in [-0.05, 0) is 68.3 Å². The molecule has 4 aromatic heterocycles. The summed E-state index contributed by atoms with van der Waals surface area (Å²) in [6, 6.07) is 13.7. The Morgan fingerprint density at radius 1 is 0.625 bits per heavy atom. The van der Waals surface area contributed by atoms with Gasteiger partial charge in [0.1, 0.15) is 6.04 Å². The van der Waals surface area contributed by atoms with Crippen molar-refractivity contribution >= 4 is 80.9 Å². The van der Waals surface area contributed by atoms with Crippen molar-refractivity contribution in [1.29, 1.82) is 0 Å². The Bertz CT molecular complexity index is 2590. The molecule has 2 aromatic carbocycles. The van der Waals surface area contributed by atoms with Crippen LogP contribution < -0.4 is 54.0 Å². The van der Waals surface area contributed by atoms with Crippen LogP contribution in [-0.2, 0) is 22.7 Å². The first kappa shape index (κ1) is 47.0. The average Bonchev–Trinajstić information content (AvgIpc) is 3.28. The van der Waals surface area contributed by atoms with Gasteiger partial charge in [0.05, 0.1) is 36.9 Å². The SMILES string of the molecule is CCCC(NC(=O)c1ccc(N(C)Cc2cnc3nc(N)nc(N)c3n2)cc1)C(=O)NC.CNC(=O)CCC(C)NC(=O)c1ccc(N(C)Cc2cnc3nc(N)nc(N)c3n2)cc1. The van der Waals surface area contributed by atoms with E-state index in [1.54, 1.807) is 50.8 Å². The first-order valence-corrected chi connectivity index (χ1v) is 20.3. The summed E-state index contributed by atoms with van der Waals surface area (Å²) >= 11 is 0. The van der Waals surface area contributed by atoms with Crippen LogP contribution in [0, 0.1) is 0 Å². The fraction of sp³-hybridized carbons (Fsp3) is 0.333. The molecule has 6 aromatic rings. The monoisotopic (exact) mass is 874 g/mol. The Morgan fingerprint density at radius 3 is 1.50 bits per heavy atom. The van der Waals surface area contributed by atoms with E-state index in [2.05, 4.69) is 61.1 Å². The lowest BCUT2D eigenvalue weighted by atomic mass is 10.1. The number of hydrogen-bond donors (Lipinski definition) is 8. The van der Waals surface area contributed by atoms with Crippen molar-refractivity contribution in [3.63, 3.8) is 0 Å². The van der Waals surface area contributed by atoms with E-state index in [9.17, 15) is 19.2 Å². The van der Waals surface area contributed by atoms with Crippen LogP contribution in [0.3, 0.4) is 0 Å². The highest BCUT2D eigenvalue weighted by atomic mass is 16.2. The van der Waals surface area contributed by atoms with Gasteiger partial charge in [0.15, 0.2) is 34.0 Å². The number of nitrogens with zero attached hydrogens (tertiary/aromatic N) is 10. The third kappa shape index (κ3) is 12.5. The Kier molecular flexibility index (Phi) is 15.9. The smallest absolute Gasteiger partial charge is 0.251 e. The van der Waals surface area contributed by atoms with Crippen molar-refractivity contribution in [1.82, 2.24) is 61.1 Å². The molecule has 64 heavy (non-hydrogen) atoms. The highest BCUT2D eigenvalue weighted by Gasteiger charge is 2.20. The van der Waals surface area contributed by atoms with Crippen LogP contribution in [0.15, 0.2) is 60.9 Å². The summed E-state index contributed by atoms with van der Waals surface area (Å²) in [5.74, 6) is -0.262. The van der Waals surface area contributed by atoms with E-state index >= 15 is 0 Å². The lowest BCUT2D eigenvalue weighted by Crippen LogP contribution is -2.45. The minimum absolute atomic E-state index is 0.0473. The molecule has 0 aliphatic carbocycles. The molecule has 0 spiro atoms. The molecule has 0 aliphatic rings. The van der Waals surface area contributed by atoms with Gasteiger partial charge in [-0.1, -0.05) is 13.3 Å². The number of likely N-dealkylation sites (N-methyl/N-ethyl adjacent to an activating group) is 1. The molecule has 12 N–H and O–H groups in total. The van der Waals surface area contributed by atoms with E-state index in [0.29, 0.717) is 77.2 Å². The van der Waals surface area contributed by atoms with Crippen LogP contribution in [0.4, 0.5) is 34.9 Å². The van der Waals surface area contributed by atoms with Crippen LogP contribution in [0.5, 0.6) is 0 Å². The van der Waals surface area contributed by atoms with Crippen LogP contribution in [-0.4, -0.2) is 104 Å². The molecule has 0 saturated heterocycles. The van der Waals surface area contributed by atoms with Gasteiger partial charge in [0, 0.05) is 63.2 Å². The maximum absolute atomic E-state index is 12.5. The Labute approximate surface area is 369 Å². The van der Waals surface area contributed by atoms with Gasteiger partial charge in [-0.3, -0.25) is 19.2 Å². The average molecular weight is 875 g/mol. The maximum Gasteiger partial charge on any atom is 0.251 e. The summed E-state index contributed by atoms with van der Waals surface area (Å²) < 4.78 is 0. The van der Waals surface area contributed by atoms with Crippen molar-refractivity contribution in [3.05, 3.63) is 83.4 Å². The zero-order chi connectivity index (χ0) is 46.5. The van der Waals surface area contributed by atoms with Crippen LogP contribution in [0.2, 0.25) is 0 Å². The third-order valence-electron chi connectivity index (χ3n) is 9.85. The topological polar surface area (TPSA) is 330 Å². The number of benzene rings is 2. The van der Waals surface area contributed by atoms with Gasteiger partial charge >= 0.3 is 0 Å². The molecule has 22 nitrogen and oxygen atoms in total. The Balaban J connectivity index is 0.000000241. The van der Waals surface area contributed by atoms with Gasteiger partial charge in [0.2, 0.25) is 23.7 Å². The number of nitrogens with one attached hydrogen (secondary N) is 4. The Hall–Kier alpha value is -8.04. The van der Waals surface area contributed by atoms with Gasteiger partial charge < -0.3 is 54.0 Å². The van der Waals surface area contributed by atoms with Crippen LogP contribution in [0.1, 0.15) is 71.6 Å². The number of carbonyl (C=O) groups is 4. The molecule has 0 saturated carbocycles. The lowest BCUT2D eigenvalue weighted by molar-refractivity contribution is -0.122. The predicted molar refractivity (Wildman–Crippen MR) is 245 cm³/mol. The minimum atomic E-state index is -0.557. The highest BCUT2D eigenvalue weighted by molar-refractivity contribution is 5.98. The van der Waals surface area contributed by atoms with Crippen molar-refractivity contribution in [2.24, 2.45) is 0 Å². The summed E-state index contributed by atoms with van der Waals surface area (Å²) in [7, 11) is 6.95. The van der Waals surface area contributed by atoms with E-state index in [1.807, 2.05) is 62.0 Å². The predicted octanol–water partition coefficient (Wildman–Crippen LogP) is 1.73. The molecule has 22 heteroatoms. The number of nitrogen functional groups attached to an aromatic ring is 4. The maximum atomic E-state index is 12.5. The normalized spacial score (nSPS) is 11.7. The fourth-order valence-corrected chi connectivity index (χ4v) is 6.35. The summed E-state index contributed by atoms with van der Waals surface area (Å²) in [6.07, 6.45) is 5.52. The second-order valence-electron chi connectivity index (χ2n) is 14.8.